The first-order valence-corrected chi connectivity index (χ1v) is 7.04. The van der Waals surface area contributed by atoms with Crippen LogP contribution in [0.1, 0.15) is 24.2 Å². The summed E-state index contributed by atoms with van der Waals surface area (Å²) in [7, 11) is -1.79. The third-order valence-electron chi connectivity index (χ3n) is 3.31. The lowest BCUT2D eigenvalue weighted by atomic mass is 10.3. The van der Waals surface area contributed by atoms with Gasteiger partial charge in [0.15, 0.2) is 0 Å². The molecule has 1 aromatic rings. The first-order valence-electron chi connectivity index (χ1n) is 5.55. The minimum atomic E-state index is -3.52. The first kappa shape index (κ1) is 12.5. The molecule has 0 bridgehead atoms. The molecule has 0 radical (unpaired) electrons. The van der Waals surface area contributed by atoms with E-state index in [-0.39, 0.29) is 4.90 Å². The van der Waals surface area contributed by atoms with E-state index >= 15 is 0 Å². The topological polar surface area (TPSA) is 90.0 Å². The van der Waals surface area contributed by atoms with Crippen molar-refractivity contribution < 1.29 is 8.42 Å². The fraction of sp³-hybridized carbons (Fsp3) is 0.700. The van der Waals surface area contributed by atoms with Crippen LogP contribution in [0.3, 0.4) is 0 Å². The average molecular weight is 258 g/mol. The van der Waals surface area contributed by atoms with Gasteiger partial charge in [-0.15, -0.1) is 0 Å². The highest BCUT2D eigenvalue weighted by molar-refractivity contribution is 7.89. The number of aromatic nitrogens is 2. The maximum atomic E-state index is 12.3. The number of nitrogens with two attached hydrogens (primary N) is 1. The van der Waals surface area contributed by atoms with E-state index in [1.54, 1.807) is 25.6 Å². The van der Waals surface area contributed by atoms with E-state index in [1.807, 2.05) is 0 Å². The Bertz CT molecular complexity index is 543. The molecular formula is C10H18N4O2S. The van der Waals surface area contributed by atoms with E-state index in [9.17, 15) is 8.42 Å². The smallest absolute Gasteiger partial charge is 0.244 e. The molecule has 0 aromatic carbocycles. The summed E-state index contributed by atoms with van der Waals surface area (Å²) in [6.45, 7) is 3.78. The predicted octanol–water partition coefficient (Wildman–Crippen LogP) is -0.193. The summed E-state index contributed by atoms with van der Waals surface area (Å²) in [6, 6.07) is 0. The second-order valence-corrected chi connectivity index (χ2v) is 6.33. The average Bonchev–Trinajstić information content (AvgIpc) is 2.91. The van der Waals surface area contributed by atoms with Crippen LogP contribution in [0.4, 0.5) is 0 Å². The number of sulfonamides is 1. The number of aryl methyl sites for hydroxylation is 2. The normalized spacial score (nSPS) is 18.4. The van der Waals surface area contributed by atoms with Gasteiger partial charge in [0.2, 0.25) is 10.0 Å². The molecule has 1 aliphatic carbocycles. The first-order chi connectivity index (χ1) is 7.81. The van der Waals surface area contributed by atoms with Gasteiger partial charge in [0.25, 0.3) is 0 Å². The Morgan fingerprint density at radius 2 is 2.06 bits per heavy atom. The van der Waals surface area contributed by atoms with E-state index in [1.165, 1.54) is 0 Å². The summed E-state index contributed by atoms with van der Waals surface area (Å²) in [5.41, 5.74) is 6.32. The molecule has 0 atom stereocenters. The van der Waals surface area contributed by atoms with Crippen molar-refractivity contribution >= 4 is 10.0 Å². The quantitative estimate of drug-likeness (QED) is 0.783. The summed E-state index contributed by atoms with van der Waals surface area (Å²) in [6.07, 6.45) is 1.61. The zero-order valence-electron chi connectivity index (χ0n) is 10.3. The molecule has 1 heterocycles. The van der Waals surface area contributed by atoms with Gasteiger partial charge in [-0.25, -0.2) is 13.1 Å². The molecule has 0 aliphatic heterocycles. The minimum Gasteiger partial charge on any atom is -0.329 e. The fourth-order valence-corrected chi connectivity index (χ4v) is 3.89. The molecule has 1 saturated carbocycles. The molecule has 96 valence electrons. The summed E-state index contributed by atoms with van der Waals surface area (Å²) in [5.74, 6) is 0. The second kappa shape index (κ2) is 3.79. The molecule has 1 aliphatic rings. The monoisotopic (exact) mass is 258 g/mol. The van der Waals surface area contributed by atoms with Crippen LogP contribution in [0.5, 0.6) is 0 Å². The molecule has 0 amide bonds. The van der Waals surface area contributed by atoms with Crippen molar-refractivity contribution in [3.8, 4) is 0 Å². The van der Waals surface area contributed by atoms with E-state index in [0.29, 0.717) is 17.9 Å². The summed E-state index contributed by atoms with van der Waals surface area (Å²) in [5, 5.41) is 4.12. The molecular weight excluding hydrogens is 240 g/mol. The van der Waals surface area contributed by atoms with Crippen LogP contribution in [0.25, 0.3) is 0 Å². The van der Waals surface area contributed by atoms with Gasteiger partial charge in [0.05, 0.1) is 11.4 Å². The van der Waals surface area contributed by atoms with Gasteiger partial charge in [0, 0.05) is 19.1 Å². The van der Waals surface area contributed by atoms with Crippen molar-refractivity contribution in [3.63, 3.8) is 0 Å². The molecule has 3 N–H and O–H groups in total. The van der Waals surface area contributed by atoms with E-state index < -0.39 is 15.6 Å². The second-order valence-electron chi connectivity index (χ2n) is 4.71. The highest BCUT2D eigenvalue weighted by Gasteiger charge is 2.45. The number of hydrogen-bond donors (Lipinski definition) is 2. The van der Waals surface area contributed by atoms with Crippen molar-refractivity contribution in [2.75, 3.05) is 6.54 Å². The molecule has 0 spiro atoms. The third-order valence-corrected chi connectivity index (χ3v) is 5.14. The number of nitrogens with one attached hydrogen (secondary N) is 1. The van der Waals surface area contributed by atoms with Crippen molar-refractivity contribution in [2.24, 2.45) is 12.8 Å². The van der Waals surface area contributed by atoms with Crippen LogP contribution in [0.15, 0.2) is 4.90 Å². The minimum absolute atomic E-state index is 0.278. The van der Waals surface area contributed by atoms with Gasteiger partial charge in [-0.3, -0.25) is 4.68 Å². The van der Waals surface area contributed by atoms with Gasteiger partial charge >= 0.3 is 0 Å². The van der Waals surface area contributed by atoms with E-state index in [4.69, 9.17) is 5.73 Å². The van der Waals surface area contributed by atoms with Crippen molar-refractivity contribution in [2.45, 2.75) is 37.1 Å². The van der Waals surface area contributed by atoms with Crippen LogP contribution >= 0.6 is 0 Å². The zero-order valence-corrected chi connectivity index (χ0v) is 11.1. The number of nitrogens with zero attached hydrogens (tertiary/aromatic N) is 2. The lowest BCUT2D eigenvalue weighted by Crippen LogP contribution is -2.42. The largest absolute Gasteiger partial charge is 0.329 e. The van der Waals surface area contributed by atoms with Crippen LogP contribution in [-0.2, 0) is 17.1 Å². The van der Waals surface area contributed by atoms with Crippen LogP contribution < -0.4 is 10.5 Å². The summed E-state index contributed by atoms with van der Waals surface area (Å²) < 4.78 is 28.8. The molecule has 1 fully saturated rings. The molecule has 6 nitrogen and oxygen atoms in total. The Morgan fingerprint density at radius 3 is 2.41 bits per heavy atom. The number of hydrogen-bond acceptors (Lipinski definition) is 4. The van der Waals surface area contributed by atoms with Gasteiger partial charge in [-0.05, 0) is 26.7 Å². The lowest BCUT2D eigenvalue weighted by Gasteiger charge is -2.15. The highest BCUT2D eigenvalue weighted by atomic mass is 32.2. The van der Waals surface area contributed by atoms with Gasteiger partial charge < -0.3 is 5.73 Å². The predicted molar refractivity (Wildman–Crippen MR) is 64.0 cm³/mol. The summed E-state index contributed by atoms with van der Waals surface area (Å²) in [4.78, 5) is 0.278. The van der Waals surface area contributed by atoms with Gasteiger partial charge in [0.1, 0.15) is 4.90 Å². The molecule has 0 saturated heterocycles. The lowest BCUT2D eigenvalue weighted by molar-refractivity contribution is 0.543. The Labute approximate surface area is 101 Å². The van der Waals surface area contributed by atoms with E-state index in [0.717, 1.165) is 12.8 Å². The van der Waals surface area contributed by atoms with Crippen molar-refractivity contribution in [3.05, 3.63) is 11.4 Å². The maximum absolute atomic E-state index is 12.3. The molecule has 17 heavy (non-hydrogen) atoms. The Kier molecular flexibility index (Phi) is 2.80. The summed E-state index contributed by atoms with van der Waals surface area (Å²) >= 11 is 0. The maximum Gasteiger partial charge on any atom is 0.244 e. The van der Waals surface area contributed by atoms with Gasteiger partial charge in [-0.1, -0.05) is 0 Å². The Hall–Kier alpha value is -0.920. The van der Waals surface area contributed by atoms with E-state index in [2.05, 4.69) is 9.82 Å². The molecule has 7 heteroatoms. The van der Waals surface area contributed by atoms with Crippen molar-refractivity contribution in [1.29, 1.82) is 0 Å². The fourth-order valence-electron chi connectivity index (χ4n) is 1.98. The van der Waals surface area contributed by atoms with Crippen LogP contribution in [-0.4, -0.2) is 30.3 Å². The Morgan fingerprint density at radius 1 is 1.47 bits per heavy atom. The third kappa shape index (κ3) is 2.10. The Balaban J connectivity index is 2.38. The number of rotatable bonds is 4. The SMILES string of the molecule is Cc1nn(C)c(C)c1S(=O)(=O)NC1(CN)CC1. The highest BCUT2D eigenvalue weighted by Crippen LogP contribution is 2.36. The molecule has 0 unspecified atom stereocenters. The van der Waals surface area contributed by atoms with Crippen molar-refractivity contribution in [1.82, 2.24) is 14.5 Å². The standard InChI is InChI=1S/C10H18N4O2S/c1-7-9(8(2)14(3)12-7)17(15,16)13-10(6-11)4-5-10/h13H,4-6,11H2,1-3H3. The van der Waals surface area contributed by atoms with Crippen LogP contribution in [0.2, 0.25) is 0 Å². The molecule has 1 aromatic heterocycles. The van der Waals surface area contributed by atoms with Gasteiger partial charge in [-0.2, -0.15) is 5.10 Å². The molecule has 2 rings (SSSR count). The zero-order chi connectivity index (χ0) is 12.8. The van der Waals surface area contributed by atoms with Crippen LogP contribution in [0, 0.1) is 13.8 Å².